The van der Waals surface area contributed by atoms with Gasteiger partial charge in [0.2, 0.25) is 5.95 Å². The summed E-state index contributed by atoms with van der Waals surface area (Å²) in [4.78, 5) is 9.44. The summed E-state index contributed by atoms with van der Waals surface area (Å²) in [6, 6.07) is 24.2. The summed E-state index contributed by atoms with van der Waals surface area (Å²) in [7, 11) is 0. The molecule has 0 aliphatic carbocycles. The molecule has 1 heterocycles. The number of aryl methyl sites for hydroxylation is 1. The third-order valence-electron chi connectivity index (χ3n) is 4.69. The molecular weight excluding hydrogens is 368 g/mol. The molecule has 4 nitrogen and oxygen atoms in total. The van der Waals surface area contributed by atoms with Crippen molar-refractivity contribution in [3.63, 3.8) is 0 Å². The second-order valence-corrected chi connectivity index (χ2v) is 7.21. The molecule has 2 N–H and O–H groups in total. The number of anilines is 3. The highest BCUT2D eigenvalue weighted by molar-refractivity contribution is 6.30. The minimum Gasteiger partial charge on any atom is -0.363 e. The summed E-state index contributed by atoms with van der Waals surface area (Å²) >= 11 is 6.07. The number of hydrogen-bond donors (Lipinski definition) is 2. The zero-order valence-corrected chi connectivity index (χ0v) is 16.5. The Kier molecular flexibility index (Phi) is 5.13. The van der Waals surface area contributed by atoms with Crippen LogP contribution in [0.4, 0.5) is 17.5 Å². The van der Waals surface area contributed by atoms with Crippen molar-refractivity contribution in [1.29, 1.82) is 0 Å². The van der Waals surface area contributed by atoms with Crippen LogP contribution in [0, 0.1) is 6.92 Å². The number of hydrogen-bond acceptors (Lipinski definition) is 4. The minimum absolute atomic E-state index is 0.115. The van der Waals surface area contributed by atoms with Crippen LogP contribution in [-0.4, -0.2) is 9.97 Å². The number of halogens is 1. The molecule has 28 heavy (non-hydrogen) atoms. The van der Waals surface area contributed by atoms with Crippen molar-refractivity contribution in [2.24, 2.45) is 0 Å². The first kappa shape index (κ1) is 18.3. The van der Waals surface area contributed by atoms with Crippen molar-refractivity contribution < 1.29 is 0 Å². The number of para-hydroxylation sites is 1. The molecule has 3 aromatic carbocycles. The van der Waals surface area contributed by atoms with Gasteiger partial charge in [-0.1, -0.05) is 54.1 Å². The maximum absolute atomic E-state index is 6.07. The fourth-order valence-electron chi connectivity index (χ4n) is 3.16. The maximum atomic E-state index is 6.07. The van der Waals surface area contributed by atoms with Gasteiger partial charge in [0.25, 0.3) is 0 Å². The monoisotopic (exact) mass is 388 g/mol. The minimum atomic E-state index is 0.115. The molecule has 0 fully saturated rings. The van der Waals surface area contributed by atoms with Gasteiger partial charge in [-0.3, -0.25) is 0 Å². The number of aromatic nitrogens is 2. The Bertz CT molecular complexity index is 1110. The molecule has 0 bridgehead atoms. The number of fused-ring (bicyclic) bond motifs is 1. The van der Waals surface area contributed by atoms with Gasteiger partial charge in [0.15, 0.2) is 0 Å². The van der Waals surface area contributed by atoms with Gasteiger partial charge >= 0.3 is 0 Å². The molecule has 1 aromatic heterocycles. The second kappa shape index (κ2) is 7.87. The van der Waals surface area contributed by atoms with Crippen LogP contribution in [0.1, 0.15) is 24.1 Å². The number of rotatable bonds is 5. The Hall–Kier alpha value is -3.11. The SMILES string of the molecule is Cc1cc(Cl)ccc1Nc1nc(NC(C)c2ccccc2)c2ccccc2n1. The van der Waals surface area contributed by atoms with E-state index in [1.54, 1.807) is 0 Å². The summed E-state index contributed by atoms with van der Waals surface area (Å²) in [6.45, 7) is 4.13. The first-order valence-electron chi connectivity index (χ1n) is 9.21. The van der Waals surface area contributed by atoms with E-state index in [2.05, 4.69) is 34.7 Å². The topological polar surface area (TPSA) is 49.8 Å². The first-order valence-corrected chi connectivity index (χ1v) is 9.59. The lowest BCUT2D eigenvalue weighted by atomic mass is 10.1. The normalized spacial score (nSPS) is 12.0. The van der Waals surface area contributed by atoms with E-state index in [0.717, 1.165) is 28.0 Å². The van der Waals surface area contributed by atoms with Gasteiger partial charge in [-0.05, 0) is 55.3 Å². The number of nitrogens with one attached hydrogen (secondary N) is 2. The van der Waals surface area contributed by atoms with Gasteiger partial charge in [-0.15, -0.1) is 0 Å². The molecule has 0 aliphatic heterocycles. The molecule has 0 spiro atoms. The average molecular weight is 389 g/mol. The first-order chi connectivity index (χ1) is 13.6. The van der Waals surface area contributed by atoms with Gasteiger partial charge in [0, 0.05) is 22.1 Å². The number of nitrogens with zero attached hydrogens (tertiary/aromatic N) is 2. The number of benzene rings is 3. The van der Waals surface area contributed by atoms with Crippen molar-refractivity contribution in [3.8, 4) is 0 Å². The standard InChI is InChI=1S/C23H21ClN4/c1-15-14-18(24)12-13-20(15)26-23-27-21-11-7-6-10-19(21)22(28-23)25-16(2)17-8-4-3-5-9-17/h3-14,16H,1-2H3,(H2,25,26,27,28). The lowest BCUT2D eigenvalue weighted by Crippen LogP contribution is -2.10. The van der Waals surface area contributed by atoms with Gasteiger partial charge in [-0.2, -0.15) is 4.98 Å². The summed E-state index contributed by atoms with van der Waals surface area (Å²) < 4.78 is 0. The average Bonchev–Trinajstić information content (AvgIpc) is 2.71. The molecule has 1 unspecified atom stereocenters. The Morgan fingerprint density at radius 2 is 1.64 bits per heavy atom. The highest BCUT2D eigenvalue weighted by atomic mass is 35.5. The molecule has 0 saturated carbocycles. The van der Waals surface area contributed by atoms with E-state index in [0.29, 0.717) is 11.0 Å². The molecule has 0 saturated heterocycles. The van der Waals surface area contributed by atoms with Crippen LogP contribution in [0.3, 0.4) is 0 Å². The summed E-state index contributed by atoms with van der Waals surface area (Å²) in [5.41, 5.74) is 4.06. The second-order valence-electron chi connectivity index (χ2n) is 6.77. The van der Waals surface area contributed by atoms with Crippen molar-refractivity contribution in [3.05, 3.63) is 88.9 Å². The fourth-order valence-corrected chi connectivity index (χ4v) is 3.39. The Morgan fingerprint density at radius 3 is 2.43 bits per heavy atom. The van der Waals surface area contributed by atoms with Crippen LogP contribution in [0.25, 0.3) is 10.9 Å². The van der Waals surface area contributed by atoms with Crippen LogP contribution < -0.4 is 10.6 Å². The van der Waals surface area contributed by atoms with E-state index in [1.165, 1.54) is 5.56 Å². The highest BCUT2D eigenvalue weighted by Gasteiger charge is 2.12. The third-order valence-corrected chi connectivity index (χ3v) is 4.93. The van der Waals surface area contributed by atoms with Crippen molar-refractivity contribution >= 4 is 40.0 Å². The van der Waals surface area contributed by atoms with Crippen molar-refractivity contribution in [2.45, 2.75) is 19.9 Å². The smallest absolute Gasteiger partial charge is 0.229 e. The van der Waals surface area contributed by atoms with E-state index in [1.807, 2.05) is 67.6 Å². The van der Waals surface area contributed by atoms with Crippen LogP contribution >= 0.6 is 11.6 Å². The van der Waals surface area contributed by atoms with E-state index in [9.17, 15) is 0 Å². The quantitative estimate of drug-likeness (QED) is 0.409. The molecule has 0 aliphatic rings. The molecular formula is C23H21ClN4. The van der Waals surface area contributed by atoms with Gasteiger partial charge < -0.3 is 10.6 Å². The molecule has 5 heteroatoms. The molecule has 1 atom stereocenters. The lowest BCUT2D eigenvalue weighted by Gasteiger charge is -2.18. The van der Waals surface area contributed by atoms with Gasteiger partial charge in [-0.25, -0.2) is 4.98 Å². The van der Waals surface area contributed by atoms with Gasteiger partial charge in [0.1, 0.15) is 5.82 Å². The summed E-state index contributed by atoms with van der Waals surface area (Å²) in [5, 5.41) is 8.56. The molecule has 0 amide bonds. The zero-order valence-electron chi connectivity index (χ0n) is 15.8. The van der Waals surface area contributed by atoms with Crippen molar-refractivity contribution in [1.82, 2.24) is 9.97 Å². The molecule has 4 rings (SSSR count). The predicted molar refractivity (Wildman–Crippen MR) is 117 cm³/mol. The molecule has 4 aromatic rings. The van der Waals surface area contributed by atoms with E-state index in [4.69, 9.17) is 16.6 Å². The third kappa shape index (κ3) is 3.92. The van der Waals surface area contributed by atoms with E-state index < -0.39 is 0 Å². The van der Waals surface area contributed by atoms with Gasteiger partial charge in [0.05, 0.1) is 5.52 Å². The Morgan fingerprint density at radius 1 is 0.893 bits per heavy atom. The Balaban J connectivity index is 1.71. The molecule has 0 radical (unpaired) electrons. The fraction of sp³-hybridized carbons (Fsp3) is 0.130. The van der Waals surface area contributed by atoms with Crippen LogP contribution in [0.15, 0.2) is 72.8 Å². The highest BCUT2D eigenvalue weighted by Crippen LogP contribution is 2.28. The maximum Gasteiger partial charge on any atom is 0.229 e. The van der Waals surface area contributed by atoms with E-state index >= 15 is 0 Å². The largest absolute Gasteiger partial charge is 0.363 e. The van der Waals surface area contributed by atoms with Crippen molar-refractivity contribution in [2.75, 3.05) is 10.6 Å². The molecule has 140 valence electrons. The summed E-state index contributed by atoms with van der Waals surface area (Å²) in [5.74, 6) is 1.35. The van der Waals surface area contributed by atoms with Crippen LogP contribution in [0.5, 0.6) is 0 Å². The predicted octanol–water partition coefficient (Wildman–Crippen LogP) is 6.51. The lowest BCUT2D eigenvalue weighted by molar-refractivity contribution is 0.876. The zero-order chi connectivity index (χ0) is 19.5. The summed E-state index contributed by atoms with van der Waals surface area (Å²) in [6.07, 6.45) is 0. The van der Waals surface area contributed by atoms with Crippen LogP contribution in [0.2, 0.25) is 5.02 Å². The van der Waals surface area contributed by atoms with E-state index in [-0.39, 0.29) is 6.04 Å². The Labute approximate surface area is 169 Å². The van der Waals surface area contributed by atoms with Crippen LogP contribution in [-0.2, 0) is 0 Å².